The molecule has 1 saturated heterocycles. The zero-order valence-electron chi connectivity index (χ0n) is 14.4. The quantitative estimate of drug-likeness (QED) is 0.851. The summed E-state index contributed by atoms with van der Waals surface area (Å²) in [5.74, 6) is -0.355. The van der Waals surface area contributed by atoms with Crippen LogP contribution in [0.25, 0.3) is 0 Å². The first-order valence-electron chi connectivity index (χ1n) is 8.36. The molecule has 0 radical (unpaired) electrons. The number of hydrazine groups is 1. The Morgan fingerprint density at radius 1 is 1.21 bits per heavy atom. The number of aryl methyl sites for hydroxylation is 2. The standard InChI is InChI=1S/C18H25F3N2O/c1-4-13-8-10-14(11-9-13)6-5-7-15(18(19,20)21)23-12-17(2,3)16(24)22-23/h8-11,15H,4-7,12H2,1-3H3,(H,22,24). The van der Waals surface area contributed by atoms with E-state index in [9.17, 15) is 18.0 Å². The van der Waals surface area contributed by atoms with Gasteiger partial charge in [0.1, 0.15) is 6.04 Å². The van der Waals surface area contributed by atoms with Crippen molar-refractivity contribution in [1.29, 1.82) is 0 Å². The van der Waals surface area contributed by atoms with Crippen LogP contribution in [0.1, 0.15) is 44.7 Å². The predicted molar refractivity (Wildman–Crippen MR) is 87.2 cm³/mol. The van der Waals surface area contributed by atoms with Crippen LogP contribution in [0.4, 0.5) is 13.2 Å². The van der Waals surface area contributed by atoms with Crippen molar-refractivity contribution >= 4 is 5.91 Å². The molecule has 1 amide bonds. The summed E-state index contributed by atoms with van der Waals surface area (Å²) < 4.78 is 40.1. The molecule has 1 aromatic rings. The minimum Gasteiger partial charge on any atom is -0.288 e. The Bertz CT molecular complexity index is 567. The third kappa shape index (κ3) is 4.50. The molecule has 1 heterocycles. The van der Waals surface area contributed by atoms with E-state index in [0.717, 1.165) is 17.0 Å². The van der Waals surface area contributed by atoms with Crippen molar-refractivity contribution in [2.75, 3.05) is 6.54 Å². The normalized spacial score (nSPS) is 19.3. The first-order valence-corrected chi connectivity index (χ1v) is 8.36. The van der Waals surface area contributed by atoms with Gasteiger partial charge in [-0.25, -0.2) is 5.01 Å². The summed E-state index contributed by atoms with van der Waals surface area (Å²) in [5.41, 5.74) is 3.85. The Balaban J connectivity index is 1.96. The lowest BCUT2D eigenvalue weighted by Crippen LogP contribution is -2.50. The van der Waals surface area contributed by atoms with Gasteiger partial charge in [-0.1, -0.05) is 31.2 Å². The van der Waals surface area contributed by atoms with E-state index in [1.165, 1.54) is 5.56 Å². The molecule has 1 aliphatic heterocycles. The van der Waals surface area contributed by atoms with Gasteiger partial charge in [-0.05, 0) is 50.7 Å². The molecule has 1 atom stereocenters. The van der Waals surface area contributed by atoms with Crippen LogP contribution in [0, 0.1) is 5.41 Å². The van der Waals surface area contributed by atoms with Gasteiger partial charge in [-0.3, -0.25) is 10.2 Å². The van der Waals surface area contributed by atoms with E-state index >= 15 is 0 Å². The van der Waals surface area contributed by atoms with Crippen LogP contribution in [0.2, 0.25) is 0 Å². The molecule has 2 rings (SSSR count). The highest BCUT2D eigenvalue weighted by molar-refractivity contribution is 5.83. The van der Waals surface area contributed by atoms with Crippen LogP contribution in [0.15, 0.2) is 24.3 Å². The van der Waals surface area contributed by atoms with Crippen molar-refractivity contribution in [1.82, 2.24) is 10.4 Å². The number of rotatable bonds is 6. The SMILES string of the molecule is CCc1ccc(CCCC(N2CC(C)(C)C(=O)N2)C(F)(F)F)cc1. The summed E-state index contributed by atoms with van der Waals surface area (Å²) in [4.78, 5) is 11.8. The van der Waals surface area contributed by atoms with E-state index in [0.29, 0.717) is 12.8 Å². The van der Waals surface area contributed by atoms with Gasteiger partial charge in [0, 0.05) is 6.54 Å². The van der Waals surface area contributed by atoms with Crippen LogP contribution in [0.5, 0.6) is 0 Å². The fourth-order valence-electron chi connectivity index (χ4n) is 2.94. The molecule has 1 aliphatic rings. The van der Waals surface area contributed by atoms with Crippen LogP contribution in [0.3, 0.4) is 0 Å². The third-order valence-electron chi connectivity index (χ3n) is 4.55. The Labute approximate surface area is 141 Å². The van der Waals surface area contributed by atoms with Crippen molar-refractivity contribution in [2.24, 2.45) is 5.41 Å². The van der Waals surface area contributed by atoms with Crippen LogP contribution < -0.4 is 5.43 Å². The van der Waals surface area contributed by atoms with Crippen LogP contribution in [-0.2, 0) is 17.6 Å². The predicted octanol–water partition coefficient (Wildman–Crippen LogP) is 3.88. The second-order valence-corrected chi connectivity index (χ2v) is 7.07. The van der Waals surface area contributed by atoms with Gasteiger partial charge >= 0.3 is 6.18 Å². The number of amides is 1. The van der Waals surface area contributed by atoms with E-state index in [1.54, 1.807) is 13.8 Å². The Kier molecular flexibility index (Phi) is 5.58. The molecule has 0 aliphatic carbocycles. The summed E-state index contributed by atoms with van der Waals surface area (Å²) >= 11 is 0. The molecule has 3 nitrogen and oxygen atoms in total. The summed E-state index contributed by atoms with van der Waals surface area (Å²) in [7, 11) is 0. The number of nitrogens with zero attached hydrogens (tertiary/aromatic N) is 1. The lowest BCUT2D eigenvalue weighted by Gasteiger charge is -2.29. The van der Waals surface area contributed by atoms with Gasteiger partial charge in [-0.2, -0.15) is 13.2 Å². The largest absolute Gasteiger partial charge is 0.405 e. The van der Waals surface area contributed by atoms with E-state index in [-0.39, 0.29) is 18.9 Å². The zero-order valence-corrected chi connectivity index (χ0v) is 14.4. The number of nitrogens with one attached hydrogen (secondary N) is 1. The number of alkyl halides is 3. The highest BCUT2D eigenvalue weighted by atomic mass is 19.4. The highest BCUT2D eigenvalue weighted by Crippen LogP contribution is 2.33. The smallest absolute Gasteiger partial charge is 0.288 e. The van der Waals surface area contributed by atoms with Crippen molar-refractivity contribution in [3.05, 3.63) is 35.4 Å². The molecule has 24 heavy (non-hydrogen) atoms. The van der Waals surface area contributed by atoms with Crippen molar-refractivity contribution in [3.63, 3.8) is 0 Å². The van der Waals surface area contributed by atoms with Crippen LogP contribution >= 0.6 is 0 Å². The monoisotopic (exact) mass is 342 g/mol. The summed E-state index contributed by atoms with van der Waals surface area (Å²) in [6.45, 7) is 5.45. The van der Waals surface area contributed by atoms with E-state index < -0.39 is 17.6 Å². The molecule has 134 valence electrons. The molecular weight excluding hydrogens is 317 g/mol. The molecular formula is C18H25F3N2O. The maximum atomic E-state index is 13.4. The zero-order chi connectivity index (χ0) is 18.0. The fraction of sp³-hybridized carbons (Fsp3) is 0.611. The van der Waals surface area contributed by atoms with Gasteiger partial charge in [0.15, 0.2) is 0 Å². The first-order chi connectivity index (χ1) is 11.1. The molecule has 1 N–H and O–H groups in total. The lowest BCUT2D eigenvalue weighted by molar-refractivity contribution is -0.190. The van der Waals surface area contributed by atoms with E-state index in [1.807, 2.05) is 24.3 Å². The lowest BCUT2D eigenvalue weighted by atomic mass is 9.94. The first kappa shape index (κ1) is 18.8. The van der Waals surface area contributed by atoms with Crippen molar-refractivity contribution in [2.45, 2.75) is 58.7 Å². The van der Waals surface area contributed by atoms with Gasteiger partial charge in [0.25, 0.3) is 0 Å². The second-order valence-electron chi connectivity index (χ2n) is 7.07. The Hall–Kier alpha value is -1.56. The maximum Gasteiger partial charge on any atom is 0.405 e. The summed E-state index contributed by atoms with van der Waals surface area (Å²) in [5, 5.41) is 1.06. The number of benzene rings is 1. The molecule has 6 heteroatoms. The highest BCUT2D eigenvalue weighted by Gasteiger charge is 2.49. The van der Waals surface area contributed by atoms with Gasteiger partial charge in [0.05, 0.1) is 5.41 Å². The maximum absolute atomic E-state index is 13.4. The van der Waals surface area contributed by atoms with Crippen molar-refractivity contribution < 1.29 is 18.0 Å². The number of carbonyl (C=O) groups is 1. The average molecular weight is 342 g/mol. The fourth-order valence-corrected chi connectivity index (χ4v) is 2.94. The molecule has 1 aromatic carbocycles. The molecule has 0 spiro atoms. The Morgan fingerprint density at radius 2 is 1.79 bits per heavy atom. The van der Waals surface area contributed by atoms with E-state index in [4.69, 9.17) is 0 Å². The van der Waals surface area contributed by atoms with Gasteiger partial charge in [-0.15, -0.1) is 0 Å². The van der Waals surface area contributed by atoms with Gasteiger partial charge in [0.2, 0.25) is 5.91 Å². The molecule has 1 fully saturated rings. The van der Waals surface area contributed by atoms with Crippen LogP contribution in [-0.4, -0.2) is 29.7 Å². The summed E-state index contributed by atoms with van der Waals surface area (Å²) in [6, 6.07) is 6.34. The minimum absolute atomic E-state index is 0.0324. The second kappa shape index (κ2) is 7.13. The molecule has 0 aromatic heterocycles. The molecule has 0 bridgehead atoms. The summed E-state index contributed by atoms with van der Waals surface area (Å²) in [6.07, 6.45) is -2.43. The Morgan fingerprint density at radius 3 is 2.25 bits per heavy atom. The van der Waals surface area contributed by atoms with Crippen molar-refractivity contribution in [3.8, 4) is 0 Å². The molecule has 0 saturated carbocycles. The third-order valence-corrected chi connectivity index (χ3v) is 4.55. The average Bonchev–Trinajstić information content (AvgIpc) is 2.76. The molecule has 1 unspecified atom stereocenters. The van der Waals surface area contributed by atoms with Gasteiger partial charge < -0.3 is 0 Å². The number of hydrogen-bond donors (Lipinski definition) is 1. The number of hydrogen-bond acceptors (Lipinski definition) is 2. The minimum atomic E-state index is -4.36. The number of halogens is 3. The number of carbonyl (C=O) groups excluding carboxylic acids is 1. The van der Waals surface area contributed by atoms with E-state index in [2.05, 4.69) is 12.3 Å². The topological polar surface area (TPSA) is 32.3 Å².